The number of aromatic nitrogens is 2. The number of rotatable bonds is 11. The van der Waals surface area contributed by atoms with Crippen molar-refractivity contribution in [3.8, 4) is 22.3 Å². The van der Waals surface area contributed by atoms with E-state index in [4.69, 9.17) is 11.1 Å². The lowest BCUT2D eigenvalue weighted by Crippen LogP contribution is -2.41. The first-order chi connectivity index (χ1) is 22.3. The van der Waals surface area contributed by atoms with Crippen molar-refractivity contribution in [1.29, 1.82) is 5.41 Å². The Morgan fingerprint density at radius 1 is 0.809 bits per heavy atom. The van der Waals surface area contributed by atoms with Gasteiger partial charge < -0.3 is 15.2 Å². The van der Waals surface area contributed by atoms with Crippen molar-refractivity contribution in [3.63, 3.8) is 0 Å². The average molecular weight is 626 g/mol. The van der Waals surface area contributed by atoms with Crippen LogP contribution >= 0.6 is 0 Å². The van der Waals surface area contributed by atoms with E-state index in [1.807, 2.05) is 23.6 Å². The molecule has 5 rings (SSSR count). The van der Waals surface area contributed by atoms with Crippen molar-refractivity contribution >= 4 is 5.96 Å². The van der Waals surface area contributed by atoms with Crippen LogP contribution in [-0.4, -0.2) is 26.5 Å². The molecule has 5 aromatic rings. The van der Waals surface area contributed by atoms with E-state index in [-0.39, 0.29) is 22.8 Å². The molecule has 0 radical (unpaired) electrons. The standard InChI is InChI=1S/C42H51N5/c1-8-30(2)47(40(43)44)27-31-10-9-11-34(24-31)32-16-20-39(21-17-32)42(6,7)26-36-13-12-35(25-37(36)28-46-23-22-45-29-46)33-14-18-38(19-15-33)41(3,4)5/h9-25,29-30H,8,26-28H2,1-7H3,(H3,43,44). The molecule has 47 heavy (non-hydrogen) atoms. The molecule has 244 valence electrons. The SMILES string of the molecule is CCC(C)N(Cc1cccc(-c2ccc(C(C)(C)Cc3ccc(-c4ccc(C(C)(C)C)cc4)cc3Cn3ccnc3)cc2)c1)C(=N)N. The van der Waals surface area contributed by atoms with E-state index in [1.54, 1.807) is 0 Å². The summed E-state index contributed by atoms with van der Waals surface area (Å²) in [4.78, 5) is 6.26. The minimum absolute atomic E-state index is 0.0712. The lowest BCUT2D eigenvalue weighted by atomic mass is 9.77. The van der Waals surface area contributed by atoms with Crippen LogP contribution < -0.4 is 5.73 Å². The summed E-state index contributed by atoms with van der Waals surface area (Å²) < 4.78 is 2.15. The zero-order chi connectivity index (χ0) is 33.8. The monoisotopic (exact) mass is 625 g/mol. The van der Waals surface area contributed by atoms with Crippen molar-refractivity contribution in [2.45, 2.75) is 91.3 Å². The second-order valence-corrected chi connectivity index (χ2v) is 14.7. The summed E-state index contributed by atoms with van der Waals surface area (Å²) in [6.07, 6.45) is 7.65. The minimum Gasteiger partial charge on any atom is -0.370 e. The Morgan fingerprint density at radius 3 is 2.00 bits per heavy atom. The van der Waals surface area contributed by atoms with E-state index in [9.17, 15) is 0 Å². The van der Waals surface area contributed by atoms with Crippen LogP contribution in [0.1, 0.15) is 82.7 Å². The van der Waals surface area contributed by atoms with Gasteiger partial charge in [0.15, 0.2) is 5.96 Å². The van der Waals surface area contributed by atoms with E-state index in [0.29, 0.717) is 6.54 Å². The molecular weight excluding hydrogens is 574 g/mol. The Labute approximate surface area is 282 Å². The minimum atomic E-state index is -0.0712. The molecular formula is C42H51N5. The van der Waals surface area contributed by atoms with Crippen molar-refractivity contribution in [3.05, 3.63) is 138 Å². The van der Waals surface area contributed by atoms with Gasteiger partial charge in [-0.05, 0) is 92.8 Å². The van der Waals surface area contributed by atoms with Crippen molar-refractivity contribution in [2.75, 3.05) is 0 Å². The maximum Gasteiger partial charge on any atom is 0.188 e. The number of nitrogens with zero attached hydrogens (tertiary/aromatic N) is 3. The van der Waals surface area contributed by atoms with Crippen LogP contribution in [0.25, 0.3) is 22.3 Å². The fraction of sp³-hybridized carbons (Fsp3) is 0.333. The summed E-state index contributed by atoms with van der Waals surface area (Å²) in [5, 5.41) is 8.05. The third kappa shape index (κ3) is 8.21. The zero-order valence-corrected chi connectivity index (χ0v) is 29.2. The molecule has 3 N–H and O–H groups in total. The highest BCUT2D eigenvalue weighted by Gasteiger charge is 2.23. The van der Waals surface area contributed by atoms with E-state index in [0.717, 1.165) is 24.9 Å². The maximum atomic E-state index is 8.05. The van der Waals surface area contributed by atoms with Gasteiger partial charge in [0, 0.05) is 31.5 Å². The van der Waals surface area contributed by atoms with Crippen LogP contribution in [0.15, 0.2) is 110 Å². The lowest BCUT2D eigenvalue weighted by Gasteiger charge is -2.29. The number of imidazole rings is 1. The number of hydrogen-bond acceptors (Lipinski definition) is 2. The topological polar surface area (TPSA) is 70.9 Å². The van der Waals surface area contributed by atoms with Crippen LogP contribution in [-0.2, 0) is 30.3 Å². The first kappa shape index (κ1) is 33.7. The molecule has 0 amide bonds. The summed E-state index contributed by atoms with van der Waals surface area (Å²) in [5.74, 6) is 0.119. The summed E-state index contributed by atoms with van der Waals surface area (Å²) in [7, 11) is 0. The van der Waals surface area contributed by atoms with Crippen molar-refractivity contribution in [2.24, 2.45) is 5.73 Å². The highest BCUT2D eigenvalue weighted by atomic mass is 15.2. The maximum absolute atomic E-state index is 8.05. The summed E-state index contributed by atoms with van der Waals surface area (Å²) in [6, 6.07) is 33.8. The molecule has 4 aromatic carbocycles. The number of benzene rings is 4. The third-order valence-electron chi connectivity index (χ3n) is 9.55. The third-order valence-corrected chi connectivity index (χ3v) is 9.55. The average Bonchev–Trinajstić information content (AvgIpc) is 3.57. The zero-order valence-electron chi connectivity index (χ0n) is 29.2. The second-order valence-electron chi connectivity index (χ2n) is 14.7. The molecule has 0 aliphatic carbocycles. The smallest absolute Gasteiger partial charge is 0.188 e. The first-order valence-electron chi connectivity index (χ1n) is 16.8. The Balaban J connectivity index is 1.38. The molecule has 1 heterocycles. The van der Waals surface area contributed by atoms with Crippen LogP contribution in [0.2, 0.25) is 0 Å². The Bertz CT molecular complexity index is 1770. The van der Waals surface area contributed by atoms with Gasteiger partial charge in [0.25, 0.3) is 0 Å². The van der Waals surface area contributed by atoms with E-state index in [1.165, 1.54) is 44.5 Å². The van der Waals surface area contributed by atoms with Crippen LogP contribution in [0.5, 0.6) is 0 Å². The molecule has 1 atom stereocenters. The molecule has 0 saturated carbocycles. The van der Waals surface area contributed by atoms with Gasteiger partial charge in [-0.25, -0.2) is 4.98 Å². The van der Waals surface area contributed by atoms with Crippen LogP contribution in [0.3, 0.4) is 0 Å². The molecule has 0 aliphatic heterocycles. The molecule has 5 nitrogen and oxygen atoms in total. The quantitative estimate of drug-likeness (QED) is 0.113. The fourth-order valence-electron chi connectivity index (χ4n) is 6.30. The Morgan fingerprint density at radius 2 is 1.43 bits per heavy atom. The van der Waals surface area contributed by atoms with Gasteiger partial charge in [-0.3, -0.25) is 5.41 Å². The summed E-state index contributed by atoms with van der Waals surface area (Å²) in [6.45, 7) is 17.1. The molecule has 5 heteroatoms. The van der Waals surface area contributed by atoms with Gasteiger partial charge in [0.05, 0.1) is 6.33 Å². The van der Waals surface area contributed by atoms with Gasteiger partial charge in [-0.15, -0.1) is 0 Å². The molecule has 0 spiro atoms. The Hall–Kier alpha value is -4.64. The van der Waals surface area contributed by atoms with E-state index in [2.05, 4.69) is 149 Å². The molecule has 1 unspecified atom stereocenters. The largest absolute Gasteiger partial charge is 0.370 e. The predicted octanol–water partition coefficient (Wildman–Crippen LogP) is 9.58. The number of guanidine groups is 1. The fourth-order valence-corrected chi connectivity index (χ4v) is 6.30. The first-order valence-corrected chi connectivity index (χ1v) is 16.8. The lowest BCUT2D eigenvalue weighted by molar-refractivity contribution is 0.310. The second kappa shape index (κ2) is 14.0. The van der Waals surface area contributed by atoms with Gasteiger partial charge in [0.2, 0.25) is 0 Å². The normalized spacial score (nSPS) is 12.6. The van der Waals surface area contributed by atoms with Crippen molar-refractivity contribution in [1.82, 2.24) is 14.5 Å². The van der Waals surface area contributed by atoms with Gasteiger partial charge in [-0.1, -0.05) is 120 Å². The molecule has 0 aliphatic rings. The summed E-state index contributed by atoms with van der Waals surface area (Å²) in [5.41, 5.74) is 17.3. The highest BCUT2D eigenvalue weighted by molar-refractivity contribution is 5.75. The predicted molar refractivity (Wildman–Crippen MR) is 198 cm³/mol. The Kier molecular flexibility index (Phi) is 10.0. The number of hydrogen-bond donors (Lipinski definition) is 2. The van der Waals surface area contributed by atoms with Crippen LogP contribution in [0, 0.1) is 5.41 Å². The summed E-state index contributed by atoms with van der Waals surface area (Å²) >= 11 is 0. The molecule has 0 saturated heterocycles. The molecule has 0 fully saturated rings. The highest BCUT2D eigenvalue weighted by Crippen LogP contribution is 2.34. The van der Waals surface area contributed by atoms with Gasteiger partial charge >= 0.3 is 0 Å². The van der Waals surface area contributed by atoms with Crippen molar-refractivity contribution < 1.29 is 0 Å². The van der Waals surface area contributed by atoms with Crippen LogP contribution in [0.4, 0.5) is 0 Å². The molecule has 1 aromatic heterocycles. The molecule has 0 bridgehead atoms. The van der Waals surface area contributed by atoms with Gasteiger partial charge in [0.1, 0.15) is 0 Å². The number of nitrogens with one attached hydrogen (secondary N) is 1. The van der Waals surface area contributed by atoms with E-state index >= 15 is 0 Å². The number of nitrogens with two attached hydrogens (primary N) is 1. The van der Waals surface area contributed by atoms with E-state index < -0.39 is 0 Å². The van der Waals surface area contributed by atoms with Gasteiger partial charge in [-0.2, -0.15) is 0 Å².